The lowest BCUT2D eigenvalue weighted by atomic mass is 10.1. The van der Waals surface area contributed by atoms with Gasteiger partial charge in [0.2, 0.25) is 0 Å². The predicted molar refractivity (Wildman–Crippen MR) is 107 cm³/mol. The van der Waals surface area contributed by atoms with Gasteiger partial charge in [-0.1, -0.05) is 44.4 Å². The number of hydrogen-bond acceptors (Lipinski definition) is 4. The van der Waals surface area contributed by atoms with E-state index in [4.69, 9.17) is 0 Å². The summed E-state index contributed by atoms with van der Waals surface area (Å²) in [6, 6.07) is 12.7. The topological polar surface area (TPSA) is 75.5 Å². The quantitative estimate of drug-likeness (QED) is 0.420. The molecular formula is C21H25N3O3. The second kappa shape index (κ2) is 8.66. The second-order valence-electron chi connectivity index (χ2n) is 6.81. The smallest absolute Gasteiger partial charge is 0.293 e. The van der Waals surface area contributed by atoms with Crippen molar-refractivity contribution in [2.45, 2.75) is 39.0 Å². The van der Waals surface area contributed by atoms with Gasteiger partial charge in [0.15, 0.2) is 0 Å². The molecule has 27 heavy (non-hydrogen) atoms. The van der Waals surface area contributed by atoms with E-state index in [0.717, 1.165) is 37.8 Å². The first-order chi connectivity index (χ1) is 13.1. The van der Waals surface area contributed by atoms with Crippen LogP contribution in [-0.4, -0.2) is 23.9 Å². The molecule has 2 aromatic rings. The zero-order valence-corrected chi connectivity index (χ0v) is 15.6. The highest BCUT2D eigenvalue weighted by Crippen LogP contribution is 2.39. The van der Waals surface area contributed by atoms with Crippen molar-refractivity contribution in [3.63, 3.8) is 0 Å². The van der Waals surface area contributed by atoms with E-state index in [1.165, 1.54) is 11.6 Å². The molecule has 0 aromatic heterocycles. The van der Waals surface area contributed by atoms with E-state index >= 15 is 0 Å². The first-order valence-electron chi connectivity index (χ1n) is 9.54. The number of benzene rings is 2. The summed E-state index contributed by atoms with van der Waals surface area (Å²) in [5.74, 6) is -0.261. The number of nitro benzene ring substituents is 1. The Hall–Kier alpha value is -2.89. The number of carbonyl (C=O) groups excluding carboxylic acids is 1. The van der Waals surface area contributed by atoms with Gasteiger partial charge in [-0.3, -0.25) is 14.9 Å². The first kappa shape index (κ1) is 18.9. The first-order valence-corrected chi connectivity index (χ1v) is 9.54. The van der Waals surface area contributed by atoms with Crippen molar-refractivity contribution in [3.8, 4) is 0 Å². The largest absolute Gasteiger partial charge is 0.352 e. The molecule has 6 heteroatoms. The van der Waals surface area contributed by atoms with E-state index in [2.05, 4.69) is 12.2 Å². The van der Waals surface area contributed by atoms with Gasteiger partial charge in [0.05, 0.1) is 4.92 Å². The number of anilines is 2. The summed E-state index contributed by atoms with van der Waals surface area (Å²) in [5.41, 5.74) is 3.00. The molecule has 1 aliphatic heterocycles. The highest BCUT2D eigenvalue weighted by Gasteiger charge is 2.27. The van der Waals surface area contributed by atoms with Crippen molar-refractivity contribution in [2.75, 3.05) is 18.0 Å². The van der Waals surface area contributed by atoms with Crippen LogP contribution in [0, 0.1) is 10.1 Å². The van der Waals surface area contributed by atoms with E-state index in [0.29, 0.717) is 24.3 Å². The molecule has 6 nitrogen and oxygen atoms in total. The summed E-state index contributed by atoms with van der Waals surface area (Å²) in [4.78, 5) is 25.5. The van der Waals surface area contributed by atoms with Gasteiger partial charge in [-0.05, 0) is 36.6 Å². The van der Waals surface area contributed by atoms with Crippen molar-refractivity contribution in [2.24, 2.45) is 0 Å². The summed E-state index contributed by atoms with van der Waals surface area (Å²) in [6.45, 7) is 3.43. The Labute approximate surface area is 159 Å². The number of para-hydroxylation sites is 1. The number of nitro groups is 1. The van der Waals surface area contributed by atoms with E-state index in [1.807, 2.05) is 29.2 Å². The molecule has 1 heterocycles. The average Bonchev–Trinajstić information content (AvgIpc) is 3.11. The van der Waals surface area contributed by atoms with Gasteiger partial charge in [0, 0.05) is 30.4 Å². The van der Waals surface area contributed by atoms with Crippen LogP contribution in [0.2, 0.25) is 0 Å². The maximum Gasteiger partial charge on any atom is 0.293 e. The molecule has 0 unspecified atom stereocenters. The van der Waals surface area contributed by atoms with Gasteiger partial charge in [0.1, 0.15) is 5.69 Å². The van der Waals surface area contributed by atoms with E-state index in [-0.39, 0.29) is 11.6 Å². The van der Waals surface area contributed by atoms with E-state index in [1.54, 1.807) is 12.1 Å². The maximum absolute atomic E-state index is 12.3. The Kier molecular flexibility index (Phi) is 6.06. The molecule has 1 aliphatic rings. The molecule has 0 spiro atoms. The highest BCUT2D eigenvalue weighted by atomic mass is 16.6. The third-order valence-electron chi connectivity index (χ3n) is 4.93. The van der Waals surface area contributed by atoms with Gasteiger partial charge in [-0.2, -0.15) is 0 Å². The Morgan fingerprint density at radius 1 is 1.15 bits per heavy atom. The monoisotopic (exact) mass is 367 g/mol. The van der Waals surface area contributed by atoms with Crippen LogP contribution in [0.5, 0.6) is 0 Å². The minimum atomic E-state index is -0.408. The van der Waals surface area contributed by atoms with Crippen LogP contribution in [0.15, 0.2) is 42.5 Å². The lowest BCUT2D eigenvalue weighted by molar-refractivity contribution is -0.384. The molecular weight excluding hydrogens is 342 g/mol. The fourth-order valence-electron chi connectivity index (χ4n) is 3.48. The summed E-state index contributed by atoms with van der Waals surface area (Å²) >= 11 is 0. The minimum Gasteiger partial charge on any atom is -0.352 e. The Balaban J connectivity index is 1.78. The van der Waals surface area contributed by atoms with Gasteiger partial charge < -0.3 is 10.2 Å². The van der Waals surface area contributed by atoms with Crippen molar-refractivity contribution < 1.29 is 9.72 Å². The van der Waals surface area contributed by atoms with Gasteiger partial charge in [-0.25, -0.2) is 0 Å². The summed E-state index contributed by atoms with van der Waals surface area (Å²) in [7, 11) is 0. The molecule has 0 fully saturated rings. The molecule has 0 radical (unpaired) electrons. The lowest BCUT2D eigenvalue weighted by Crippen LogP contribution is -2.24. The zero-order valence-electron chi connectivity index (χ0n) is 15.6. The number of nitrogens with one attached hydrogen (secondary N) is 1. The number of fused-ring (bicyclic) bond motifs is 1. The van der Waals surface area contributed by atoms with Crippen molar-refractivity contribution in [3.05, 3.63) is 63.7 Å². The molecule has 3 rings (SSSR count). The molecule has 1 N–H and O–H groups in total. The molecule has 0 bridgehead atoms. The fourth-order valence-corrected chi connectivity index (χ4v) is 3.48. The SMILES string of the molecule is CCCCCCNC(=O)c1ccc(N2CCc3ccccc32)c([N+](=O)[O-])c1. The third kappa shape index (κ3) is 4.27. The van der Waals surface area contributed by atoms with Gasteiger partial charge >= 0.3 is 0 Å². The number of rotatable bonds is 8. The van der Waals surface area contributed by atoms with Gasteiger partial charge in [-0.15, -0.1) is 0 Å². The van der Waals surface area contributed by atoms with Gasteiger partial charge in [0.25, 0.3) is 11.6 Å². The maximum atomic E-state index is 12.3. The predicted octanol–water partition coefficient (Wildman–Crippen LogP) is 4.60. The second-order valence-corrected chi connectivity index (χ2v) is 6.81. The number of amides is 1. The van der Waals surface area contributed by atoms with Crippen molar-refractivity contribution in [1.29, 1.82) is 0 Å². The molecule has 0 atom stereocenters. The molecule has 2 aromatic carbocycles. The van der Waals surface area contributed by atoms with E-state index in [9.17, 15) is 14.9 Å². The number of nitrogens with zero attached hydrogens (tertiary/aromatic N) is 2. The van der Waals surface area contributed by atoms with E-state index < -0.39 is 4.92 Å². The minimum absolute atomic E-state index is 0.0367. The molecule has 0 aliphatic carbocycles. The summed E-state index contributed by atoms with van der Waals surface area (Å²) in [6.07, 6.45) is 5.14. The van der Waals surface area contributed by atoms with Crippen LogP contribution in [0.3, 0.4) is 0 Å². The van der Waals surface area contributed by atoms with Crippen LogP contribution in [0.25, 0.3) is 0 Å². The van der Waals surface area contributed by atoms with Crippen LogP contribution in [0.1, 0.15) is 48.5 Å². The van der Waals surface area contributed by atoms with Crippen molar-refractivity contribution in [1.82, 2.24) is 5.32 Å². The molecule has 142 valence electrons. The molecule has 0 saturated heterocycles. The number of carbonyl (C=O) groups is 1. The lowest BCUT2D eigenvalue weighted by Gasteiger charge is -2.19. The van der Waals surface area contributed by atoms with Crippen molar-refractivity contribution >= 4 is 23.0 Å². The fraction of sp³-hybridized carbons (Fsp3) is 0.381. The standard InChI is InChI=1S/C21H25N3O3/c1-2-3-4-7-13-22-21(25)17-10-11-19(20(15-17)24(26)27)23-14-12-16-8-5-6-9-18(16)23/h5-6,8-11,15H,2-4,7,12-14H2,1H3,(H,22,25). The summed E-state index contributed by atoms with van der Waals surface area (Å²) < 4.78 is 0. The Bertz CT molecular complexity index is 835. The Morgan fingerprint density at radius 3 is 2.74 bits per heavy atom. The molecule has 1 amide bonds. The van der Waals surface area contributed by atoms with Crippen LogP contribution in [-0.2, 0) is 6.42 Å². The summed E-state index contributed by atoms with van der Waals surface area (Å²) in [5, 5.41) is 14.5. The zero-order chi connectivity index (χ0) is 19.2. The normalized spacial score (nSPS) is 12.7. The molecule has 0 saturated carbocycles. The number of hydrogen-bond donors (Lipinski definition) is 1. The average molecular weight is 367 g/mol. The Morgan fingerprint density at radius 2 is 1.96 bits per heavy atom. The third-order valence-corrected chi connectivity index (χ3v) is 4.93. The van der Waals surface area contributed by atoms with Crippen LogP contribution >= 0.6 is 0 Å². The highest BCUT2D eigenvalue weighted by molar-refractivity contribution is 5.96. The van der Waals surface area contributed by atoms with Crippen LogP contribution < -0.4 is 10.2 Å². The van der Waals surface area contributed by atoms with Crippen LogP contribution in [0.4, 0.5) is 17.1 Å². The number of unbranched alkanes of at least 4 members (excludes halogenated alkanes) is 3.